The van der Waals surface area contributed by atoms with Crippen molar-refractivity contribution in [3.63, 3.8) is 0 Å². The molecule has 4 rings (SSSR count). The number of nitrogens with one attached hydrogen (secondary N) is 1. The van der Waals surface area contributed by atoms with Crippen LogP contribution in [-0.4, -0.2) is 41.9 Å². The van der Waals surface area contributed by atoms with Crippen LogP contribution in [0.25, 0.3) is 11.4 Å². The number of rotatable bonds is 6. The molecule has 2 aromatic heterocycles. The van der Waals surface area contributed by atoms with Crippen LogP contribution < -0.4 is 5.32 Å². The number of amides is 1. The van der Waals surface area contributed by atoms with Crippen molar-refractivity contribution < 1.29 is 17.7 Å². The number of carbonyl (C=O) groups excluding carboxylic acids is 1. The molecule has 0 aliphatic carbocycles. The fourth-order valence-electron chi connectivity index (χ4n) is 3.64. The van der Waals surface area contributed by atoms with Crippen LogP contribution in [0.3, 0.4) is 0 Å². The summed E-state index contributed by atoms with van der Waals surface area (Å²) in [6, 6.07) is 9.51. The number of thiophene rings is 1. The molecule has 0 bridgehead atoms. The number of hydrogen-bond acceptors (Lipinski definition) is 7. The highest BCUT2D eigenvalue weighted by molar-refractivity contribution is 7.91. The van der Waals surface area contributed by atoms with Crippen molar-refractivity contribution >= 4 is 27.3 Å². The van der Waals surface area contributed by atoms with E-state index in [4.69, 9.17) is 4.52 Å². The summed E-state index contributed by atoms with van der Waals surface area (Å²) in [4.78, 5) is 16.8. The number of sulfonamides is 1. The molecule has 1 N–H and O–H groups in total. The first-order valence-electron chi connectivity index (χ1n) is 10.1. The first-order chi connectivity index (χ1) is 14.8. The highest BCUT2D eigenvalue weighted by Gasteiger charge is 2.34. The molecular weight excluding hydrogens is 436 g/mol. The van der Waals surface area contributed by atoms with Gasteiger partial charge in [0.25, 0.3) is 10.0 Å². The van der Waals surface area contributed by atoms with Gasteiger partial charge in [-0.2, -0.15) is 9.29 Å². The molecule has 1 amide bonds. The van der Waals surface area contributed by atoms with Crippen LogP contribution in [0.1, 0.15) is 29.9 Å². The molecule has 0 radical (unpaired) electrons. The summed E-state index contributed by atoms with van der Waals surface area (Å²) in [5.74, 6) is 0.298. The maximum absolute atomic E-state index is 13.2. The Morgan fingerprint density at radius 2 is 2.16 bits per heavy atom. The summed E-state index contributed by atoms with van der Waals surface area (Å²) in [7, 11) is -3.70. The van der Waals surface area contributed by atoms with Gasteiger partial charge in [0.05, 0.1) is 5.92 Å². The standard InChI is InChI=1S/C21H24N4O4S2/c1-14-5-3-6-16(9-14)11-22-21(26)17-7-4-8-25(12-17)31(27,28)19-10-18(13-30-19)20-23-15(2)29-24-20/h3,5-6,9-10,13,17H,4,7-8,11-12H2,1-2H3,(H,22,26)/t17-/m0/s1. The lowest BCUT2D eigenvalue weighted by Crippen LogP contribution is -2.45. The Balaban J connectivity index is 1.42. The maximum atomic E-state index is 13.2. The number of nitrogens with zero attached hydrogens (tertiary/aromatic N) is 3. The van der Waals surface area contributed by atoms with E-state index in [1.165, 1.54) is 4.31 Å². The van der Waals surface area contributed by atoms with Crippen molar-refractivity contribution in [3.8, 4) is 11.4 Å². The van der Waals surface area contributed by atoms with Crippen LogP contribution in [-0.2, 0) is 21.4 Å². The normalized spacial score (nSPS) is 17.5. The molecule has 10 heteroatoms. The Hall–Kier alpha value is -2.56. The van der Waals surface area contributed by atoms with Gasteiger partial charge in [0.15, 0.2) is 0 Å². The molecule has 0 spiro atoms. The van der Waals surface area contributed by atoms with Crippen molar-refractivity contribution in [1.29, 1.82) is 0 Å². The predicted octanol–water partition coefficient (Wildman–Crippen LogP) is 3.13. The second kappa shape index (κ2) is 8.89. The molecule has 0 saturated carbocycles. The van der Waals surface area contributed by atoms with E-state index in [2.05, 4.69) is 15.5 Å². The third kappa shape index (κ3) is 4.86. The summed E-state index contributed by atoms with van der Waals surface area (Å²) in [6.07, 6.45) is 1.31. The average Bonchev–Trinajstić information content (AvgIpc) is 3.42. The second-order valence-corrected chi connectivity index (χ2v) is 10.8. The van der Waals surface area contributed by atoms with Gasteiger partial charge in [-0.1, -0.05) is 35.0 Å². The number of piperidine rings is 1. The Morgan fingerprint density at radius 3 is 2.90 bits per heavy atom. The summed E-state index contributed by atoms with van der Waals surface area (Å²) in [5, 5.41) is 8.49. The molecule has 1 fully saturated rings. The van der Waals surface area contributed by atoms with Crippen molar-refractivity contribution in [2.24, 2.45) is 5.92 Å². The van der Waals surface area contributed by atoms with E-state index < -0.39 is 10.0 Å². The molecule has 1 aromatic carbocycles. The SMILES string of the molecule is Cc1cccc(CNC(=O)[C@H]2CCCN(S(=O)(=O)c3cc(-c4noc(C)n4)cs3)C2)c1. The molecule has 8 nitrogen and oxygen atoms in total. The number of aryl methyl sites for hydroxylation is 2. The fraction of sp³-hybridized carbons (Fsp3) is 0.381. The van der Waals surface area contributed by atoms with E-state index in [1.54, 1.807) is 18.4 Å². The van der Waals surface area contributed by atoms with Crippen LogP contribution in [0.15, 0.2) is 44.4 Å². The zero-order chi connectivity index (χ0) is 22.0. The lowest BCUT2D eigenvalue weighted by Gasteiger charge is -2.30. The zero-order valence-electron chi connectivity index (χ0n) is 17.4. The summed E-state index contributed by atoms with van der Waals surface area (Å²) < 4.78 is 32.9. The lowest BCUT2D eigenvalue weighted by atomic mass is 9.98. The molecule has 1 atom stereocenters. The van der Waals surface area contributed by atoms with Gasteiger partial charge in [-0.15, -0.1) is 11.3 Å². The van der Waals surface area contributed by atoms with Crippen LogP contribution in [0.2, 0.25) is 0 Å². The van der Waals surface area contributed by atoms with E-state index in [9.17, 15) is 13.2 Å². The minimum atomic E-state index is -3.70. The van der Waals surface area contributed by atoms with Gasteiger partial charge in [-0.25, -0.2) is 8.42 Å². The van der Waals surface area contributed by atoms with Gasteiger partial charge < -0.3 is 9.84 Å². The largest absolute Gasteiger partial charge is 0.352 e. The van der Waals surface area contributed by atoms with E-state index in [-0.39, 0.29) is 22.6 Å². The average molecular weight is 461 g/mol. The summed E-state index contributed by atoms with van der Waals surface area (Å²) >= 11 is 1.12. The predicted molar refractivity (Wildman–Crippen MR) is 117 cm³/mol. The number of hydrogen-bond donors (Lipinski definition) is 1. The second-order valence-electron chi connectivity index (χ2n) is 7.70. The molecule has 3 aromatic rings. The molecular formula is C21H24N4O4S2. The van der Waals surface area contributed by atoms with E-state index >= 15 is 0 Å². The Kier molecular flexibility index (Phi) is 6.22. The minimum Gasteiger partial charge on any atom is -0.352 e. The van der Waals surface area contributed by atoms with Gasteiger partial charge in [0.2, 0.25) is 17.6 Å². The minimum absolute atomic E-state index is 0.115. The lowest BCUT2D eigenvalue weighted by molar-refractivity contribution is -0.126. The molecule has 31 heavy (non-hydrogen) atoms. The van der Waals surface area contributed by atoms with Gasteiger partial charge >= 0.3 is 0 Å². The first-order valence-corrected chi connectivity index (χ1v) is 12.4. The van der Waals surface area contributed by atoms with Crippen LogP contribution >= 0.6 is 11.3 Å². The molecule has 1 aliphatic heterocycles. The quantitative estimate of drug-likeness (QED) is 0.606. The topological polar surface area (TPSA) is 105 Å². The van der Waals surface area contributed by atoms with E-state index in [0.717, 1.165) is 22.5 Å². The highest BCUT2D eigenvalue weighted by atomic mass is 32.2. The third-order valence-corrected chi connectivity index (χ3v) is 8.54. The van der Waals surface area contributed by atoms with E-state index in [1.807, 2.05) is 31.2 Å². The summed E-state index contributed by atoms with van der Waals surface area (Å²) in [5.41, 5.74) is 2.76. The number of benzene rings is 1. The zero-order valence-corrected chi connectivity index (χ0v) is 19.0. The monoisotopic (exact) mass is 460 g/mol. The third-order valence-electron chi connectivity index (χ3n) is 5.26. The first kappa shape index (κ1) is 21.7. The molecule has 0 unspecified atom stereocenters. The van der Waals surface area contributed by atoms with E-state index in [0.29, 0.717) is 43.2 Å². The van der Waals surface area contributed by atoms with Crippen molar-refractivity contribution in [2.45, 2.75) is 37.4 Å². The maximum Gasteiger partial charge on any atom is 0.252 e. The Bertz CT molecular complexity index is 1190. The Morgan fingerprint density at radius 1 is 1.32 bits per heavy atom. The van der Waals surface area contributed by atoms with Gasteiger partial charge in [-0.3, -0.25) is 4.79 Å². The van der Waals surface area contributed by atoms with Gasteiger partial charge in [0.1, 0.15) is 4.21 Å². The van der Waals surface area contributed by atoms with Crippen LogP contribution in [0.4, 0.5) is 0 Å². The smallest absolute Gasteiger partial charge is 0.252 e. The molecule has 1 aliphatic rings. The fourth-order valence-corrected chi connectivity index (χ4v) is 6.48. The van der Waals surface area contributed by atoms with Gasteiger partial charge in [0, 0.05) is 37.5 Å². The number of carbonyl (C=O) groups is 1. The molecule has 1 saturated heterocycles. The van der Waals surface area contributed by atoms with Crippen molar-refractivity contribution in [3.05, 3.63) is 52.7 Å². The Labute approximate surface area is 185 Å². The molecule has 3 heterocycles. The van der Waals surface area contributed by atoms with Crippen molar-refractivity contribution in [1.82, 2.24) is 19.8 Å². The highest BCUT2D eigenvalue weighted by Crippen LogP contribution is 2.31. The number of aromatic nitrogens is 2. The van der Waals surface area contributed by atoms with Gasteiger partial charge in [-0.05, 0) is 31.4 Å². The van der Waals surface area contributed by atoms with Crippen LogP contribution in [0.5, 0.6) is 0 Å². The van der Waals surface area contributed by atoms with Crippen LogP contribution in [0, 0.1) is 19.8 Å². The van der Waals surface area contributed by atoms with Crippen molar-refractivity contribution in [2.75, 3.05) is 13.1 Å². The summed E-state index contributed by atoms with van der Waals surface area (Å²) in [6.45, 7) is 4.70. The molecule has 164 valence electrons.